The van der Waals surface area contributed by atoms with Crippen LogP contribution in [-0.2, 0) is 0 Å². The van der Waals surface area contributed by atoms with Gasteiger partial charge in [-0.1, -0.05) is 182 Å². The van der Waals surface area contributed by atoms with Crippen molar-refractivity contribution in [1.82, 2.24) is 0 Å². The summed E-state index contributed by atoms with van der Waals surface area (Å²) < 4.78 is 83.0. The van der Waals surface area contributed by atoms with Gasteiger partial charge in [0.25, 0.3) is 0 Å². The van der Waals surface area contributed by atoms with Gasteiger partial charge in [-0.3, -0.25) is 0 Å². The normalized spacial score (nSPS) is 13.7. The van der Waals surface area contributed by atoms with Gasteiger partial charge in [0.2, 0.25) is 0 Å². The topological polar surface area (TPSA) is 3.24 Å². The number of rotatable bonds is 6. The number of hydrogen-bond acceptors (Lipinski definition) is 1. The van der Waals surface area contributed by atoms with Crippen molar-refractivity contribution in [2.24, 2.45) is 0 Å². The molecule has 0 aliphatic carbocycles. The summed E-state index contributed by atoms with van der Waals surface area (Å²) >= 11 is 0. The van der Waals surface area contributed by atoms with Gasteiger partial charge in [0, 0.05) is 17.1 Å². The SMILES string of the molecule is [2H]c1c([2H])c([2H])c(N(c2cccc(-c3c(-c4ccccc4)c4ccccc4c4ccccc34)c2)c2c([2H])c([2H])c(-c3ccc4c5ccccc5c5ccccc5c4c3)c([2H])c2[2H])c([2H])c1[2H]. The summed E-state index contributed by atoms with van der Waals surface area (Å²) in [6, 6.07) is 51.3. The zero-order chi connectivity index (χ0) is 45.5. The summed E-state index contributed by atoms with van der Waals surface area (Å²) in [5.74, 6) is 0. The van der Waals surface area contributed by atoms with Crippen LogP contribution in [0.5, 0.6) is 0 Å². The first kappa shape index (κ1) is 24.8. The van der Waals surface area contributed by atoms with Crippen molar-refractivity contribution in [1.29, 1.82) is 0 Å². The molecule has 1 nitrogen and oxygen atoms in total. The molecule has 0 aliphatic heterocycles. The van der Waals surface area contributed by atoms with E-state index in [-0.39, 0.29) is 34.7 Å². The molecule has 0 unspecified atom stereocenters. The molecule has 0 amide bonds. The Morgan fingerprint density at radius 3 is 1.32 bits per heavy atom. The van der Waals surface area contributed by atoms with E-state index in [2.05, 4.69) is 54.6 Å². The van der Waals surface area contributed by atoms with Crippen LogP contribution in [0.2, 0.25) is 0 Å². The smallest absolute Gasteiger partial charge is 0.0645 e. The predicted molar refractivity (Wildman–Crippen MR) is 245 cm³/mol. The number of nitrogens with zero attached hydrogens (tertiary/aromatic N) is 1. The molecule has 0 bridgehead atoms. The van der Waals surface area contributed by atoms with E-state index in [9.17, 15) is 8.22 Å². The van der Waals surface area contributed by atoms with E-state index in [1.165, 1.54) is 4.90 Å². The van der Waals surface area contributed by atoms with Crippen LogP contribution in [0.3, 0.4) is 0 Å². The molecule has 1 heteroatoms. The standard InChI is InChI=1S/C56H37N/c1-3-16-39(17-4-1)55-52-28-13-11-25-48(52)49-26-12-14-29-53(49)56(55)41-18-15-21-44(36-41)57(42-19-5-2-6-20-42)43-33-30-38(31-34-43)40-32-35-51-47-24-8-7-22-45(47)46-23-9-10-27-50(46)54(51)37-40/h1-37H/i2D,5D,6D,19D,20D,30D,31D,33D,34D. The van der Waals surface area contributed by atoms with Gasteiger partial charge in [-0.25, -0.2) is 0 Å². The quantitative estimate of drug-likeness (QED) is 0.154. The highest BCUT2D eigenvalue weighted by atomic mass is 15.1. The Hall–Kier alpha value is -7.48. The Kier molecular flexibility index (Phi) is 5.96. The lowest BCUT2D eigenvalue weighted by atomic mass is 9.85. The second-order valence-electron chi connectivity index (χ2n) is 14.1. The molecular formula is C56H37N. The molecule has 0 fully saturated rings. The van der Waals surface area contributed by atoms with Gasteiger partial charge in [0.15, 0.2) is 0 Å². The number of fused-ring (bicyclic) bond motifs is 9. The molecule has 0 spiro atoms. The van der Waals surface area contributed by atoms with Crippen LogP contribution >= 0.6 is 0 Å². The van der Waals surface area contributed by atoms with E-state index < -0.39 is 42.3 Å². The third kappa shape index (κ3) is 5.55. The molecule has 0 saturated carbocycles. The minimum atomic E-state index is -0.596. The fourth-order valence-electron chi connectivity index (χ4n) is 8.50. The molecule has 0 aliphatic rings. The Morgan fingerprint density at radius 2 is 0.719 bits per heavy atom. The maximum absolute atomic E-state index is 9.72. The third-order valence-corrected chi connectivity index (χ3v) is 11.0. The average Bonchev–Trinajstić information content (AvgIpc) is 3.36. The summed E-state index contributed by atoms with van der Waals surface area (Å²) in [6.45, 7) is 0. The Balaban J connectivity index is 1.18. The number of para-hydroxylation sites is 1. The van der Waals surface area contributed by atoms with Crippen molar-refractivity contribution in [3.8, 4) is 33.4 Å². The lowest BCUT2D eigenvalue weighted by Gasteiger charge is -2.27. The molecular weight excluding hydrogens is 687 g/mol. The molecule has 11 rings (SSSR count). The van der Waals surface area contributed by atoms with Crippen LogP contribution in [-0.4, -0.2) is 0 Å². The molecule has 0 radical (unpaired) electrons. The second-order valence-corrected chi connectivity index (χ2v) is 14.1. The minimum absolute atomic E-state index is 0.0813. The zero-order valence-electron chi connectivity index (χ0n) is 39.6. The van der Waals surface area contributed by atoms with E-state index >= 15 is 0 Å². The maximum atomic E-state index is 9.72. The number of hydrogen-bond donors (Lipinski definition) is 0. The van der Waals surface area contributed by atoms with Crippen LogP contribution in [0.15, 0.2) is 224 Å². The van der Waals surface area contributed by atoms with E-state index in [0.29, 0.717) is 5.56 Å². The first-order valence-electron chi connectivity index (χ1n) is 23.5. The van der Waals surface area contributed by atoms with Crippen molar-refractivity contribution in [2.45, 2.75) is 0 Å². The van der Waals surface area contributed by atoms with Gasteiger partial charge in [0.1, 0.15) is 0 Å². The van der Waals surface area contributed by atoms with E-state index in [4.69, 9.17) is 4.11 Å². The molecule has 0 N–H and O–H groups in total. The largest absolute Gasteiger partial charge is 0.310 e. The van der Waals surface area contributed by atoms with Crippen molar-refractivity contribution in [3.05, 3.63) is 224 Å². The fraction of sp³-hybridized carbons (Fsp3) is 0. The maximum Gasteiger partial charge on any atom is 0.0645 e. The van der Waals surface area contributed by atoms with Gasteiger partial charge in [-0.05, 0) is 130 Å². The highest BCUT2D eigenvalue weighted by molar-refractivity contribution is 6.26. The predicted octanol–water partition coefficient (Wildman–Crippen LogP) is 15.9. The molecule has 266 valence electrons. The van der Waals surface area contributed by atoms with E-state index in [1.807, 2.05) is 103 Å². The van der Waals surface area contributed by atoms with Crippen molar-refractivity contribution in [2.75, 3.05) is 4.90 Å². The summed E-state index contributed by atoms with van der Waals surface area (Å²) in [5, 5.41) is 10.2. The second kappa shape index (κ2) is 13.7. The van der Waals surface area contributed by atoms with Crippen LogP contribution in [0.1, 0.15) is 12.3 Å². The van der Waals surface area contributed by atoms with E-state index in [1.54, 1.807) is 12.1 Å². The lowest BCUT2D eigenvalue weighted by molar-refractivity contribution is 1.28. The van der Waals surface area contributed by atoms with Gasteiger partial charge < -0.3 is 4.90 Å². The summed E-state index contributed by atoms with van der Waals surface area (Å²) in [4.78, 5) is 1.31. The molecule has 57 heavy (non-hydrogen) atoms. The molecule has 0 atom stereocenters. The number of anilines is 3. The monoisotopic (exact) mass is 732 g/mol. The van der Waals surface area contributed by atoms with Crippen LogP contribution in [0, 0.1) is 0 Å². The first-order chi connectivity index (χ1) is 32.0. The van der Waals surface area contributed by atoms with Gasteiger partial charge in [-0.2, -0.15) is 0 Å². The molecule has 0 saturated heterocycles. The zero-order valence-corrected chi connectivity index (χ0v) is 30.6. The van der Waals surface area contributed by atoms with Gasteiger partial charge >= 0.3 is 0 Å². The average molecular weight is 733 g/mol. The number of benzene rings is 11. The van der Waals surface area contributed by atoms with Crippen molar-refractivity contribution < 1.29 is 12.3 Å². The Labute approximate surface area is 345 Å². The van der Waals surface area contributed by atoms with E-state index in [0.717, 1.165) is 76.1 Å². The lowest BCUT2D eigenvalue weighted by Crippen LogP contribution is -2.09. The van der Waals surface area contributed by atoms with Crippen molar-refractivity contribution in [3.63, 3.8) is 0 Å². The molecule has 0 aromatic heterocycles. The molecule has 0 heterocycles. The molecule has 11 aromatic rings. The highest BCUT2D eigenvalue weighted by Gasteiger charge is 2.20. The first-order valence-corrected chi connectivity index (χ1v) is 19.0. The van der Waals surface area contributed by atoms with Crippen LogP contribution < -0.4 is 4.90 Å². The summed E-state index contributed by atoms with van der Waals surface area (Å²) in [5.41, 5.74) is 3.86. The minimum Gasteiger partial charge on any atom is -0.310 e. The van der Waals surface area contributed by atoms with Crippen LogP contribution in [0.4, 0.5) is 17.1 Å². The van der Waals surface area contributed by atoms with Gasteiger partial charge in [-0.15, -0.1) is 0 Å². The Bertz CT molecular complexity index is 3740. The summed E-state index contributed by atoms with van der Waals surface area (Å²) in [6.07, 6.45) is 0. The van der Waals surface area contributed by atoms with Crippen LogP contribution in [0.25, 0.3) is 87.2 Å². The summed E-state index contributed by atoms with van der Waals surface area (Å²) in [7, 11) is 0. The highest BCUT2D eigenvalue weighted by Crippen LogP contribution is 2.46. The Morgan fingerprint density at radius 1 is 0.263 bits per heavy atom. The fourth-order valence-corrected chi connectivity index (χ4v) is 8.50. The van der Waals surface area contributed by atoms with Gasteiger partial charge in [0.05, 0.1) is 12.3 Å². The third-order valence-electron chi connectivity index (χ3n) is 11.0. The van der Waals surface area contributed by atoms with Crippen molar-refractivity contribution >= 4 is 70.9 Å². The molecule has 11 aromatic carbocycles.